The average molecular weight is 415 g/mol. The van der Waals surface area contributed by atoms with E-state index in [0.717, 1.165) is 41.7 Å². The van der Waals surface area contributed by atoms with Gasteiger partial charge in [-0.25, -0.2) is 0 Å². The summed E-state index contributed by atoms with van der Waals surface area (Å²) in [5, 5.41) is 21.1. The molecule has 30 heavy (non-hydrogen) atoms. The highest BCUT2D eigenvalue weighted by molar-refractivity contribution is 5.57. The van der Waals surface area contributed by atoms with Crippen LogP contribution in [0.1, 0.15) is 105 Å². The number of phenolic OH excluding ortho intramolecular Hbond substituents is 1. The van der Waals surface area contributed by atoms with E-state index in [0.29, 0.717) is 5.75 Å². The average Bonchev–Trinajstić information content (AvgIpc) is 2.65. The number of aliphatic hydroxyl groups is 1. The maximum Gasteiger partial charge on any atom is 0.127 e. The van der Waals surface area contributed by atoms with Crippen LogP contribution in [0.25, 0.3) is 0 Å². The molecule has 0 bridgehead atoms. The Labute approximate surface area is 183 Å². The number of fused-ring (bicyclic) bond motifs is 3. The van der Waals surface area contributed by atoms with Gasteiger partial charge in [0.05, 0.1) is 6.61 Å². The molecule has 0 amide bonds. The maximum atomic E-state index is 11.3. The summed E-state index contributed by atoms with van der Waals surface area (Å²) < 4.78 is 6.63. The number of phenols is 1. The van der Waals surface area contributed by atoms with Gasteiger partial charge in [0.1, 0.15) is 17.1 Å². The Balaban J connectivity index is 2.06. The van der Waals surface area contributed by atoms with Crippen molar-refractivity contribution in [3.05, 3.63) is 34.9 Å². The number of rotatable bonds is 7. The van der Waals surface area contributed by atoms with E-state index in [9.17, 15) is 10.2 Å². The molecule has 1 aliphatic carbocycles. The van der Waals surface area contributed by atoms with Gasteiger partial charge in [-0.1, -0.05) is 66.4 Å². The normalized spacial score (nSPS) is 27.7. The molecule has 2 N–H and O–H groups in total. The molecule has 0 fully saturated rings. The van der Waals surface area contributed by atoms with Crippen molar-refractivity contribution in [2.75, 3.05) is 6.61 Å². The number of hydrogen-bond acceptors (Lipinski definition) is 3. The monoisotopic (exact) mass is 414 g/mol. The van der Waals surface area contributed by atoms with Crippen molar-refractivity contribution in [3.8, 4) is 11.5 Å². The summed E-state index contributed by atoms with van der Waals surface area (Å²) >= 11 is 0. The lowest BCUT2D eigenvalue weighted by Gasteiger charge is -2.60. The molecule has 3 heteroatoms. The van der Waals surface area contributed by atoms with Crippen LogP contribution in [0.2, 0.25) is 0 Å². The molecule has 0 spiro atoms. The topological polar surface area (TPSA) is 49.7 Å². The number of aliphatic hydroxyl groups excluding tert-OH is 1. The summed E-state index contributed by atoms with van der Waals surface area (Å²) in [6, 6.07) is 4.15. The molecule has 3 rings (SSSR count). The van der Waals surface area contributed by atoms with Gasteiger partial charge in [0.15, 0.2) is 0 Å². The van der Waals surface area contributed by atoms with Crippen LogP contribution in [-0.2, 0) is 10.8 Å². The van der Waals surface area contributed by atoms with Crippen molar-refractivity contribution in [3.63, 3.8) is 0 Å². The first kappa shape index (κ1) is 23.2. The summed E-state index contributed by atoms with van der Waals surface area (Å²) in [5.41, 5.74) is 2.23. The molecule has 1 aromatic carbocycles. The van der Waals surface area contributed by atoms with Crippen LogP contribution < -0.4 is 4.74 Å². The Bertz CT molecular complexity index is 820. The second-order valence-corrected chi connectivity index (χ2v) is 11.2. The van der Waals surface area contributed by atoms with Gasteiger partial charge in [-0.15, -0.1) is 0 Å². The fraction of sp³-hybridized carbons (Fsp3) is 0.704. The lowest BCUT2D eigenvalue weighted by Crippen LogP contribution is -2.61. The number of aromatic hydroxyl groups is 1. The van der Waals surface area contributed by atoms with Crippen LogP contribution in [0.5, 0.6) is 11.5 Å². The van der Waals surface area contributed by atoms with Gasteiger partial charge in [-0.3, -0.25) is 0 Å². The molecule has 168 valence electrons. The quantitative estimate of drug-likeness (QED) is 0.381. The minimum absolute atomic E-state index is 0.0157. The van der Waals surface area contributed by atoms with E-state index in [1.807, 2.05) is 6.07 Å². The zero-order chi connectivity index (χ0) is 22.4. The predicted molar refractivity (Wildman–Crippen MR) is 124 cm³/mol. The molecule has 1 aromatic rings. The molecule has 0 saturated carbocycles. The molecule has 0 radical (unpaired) electrons. The lowest BCUT2D eigenvalue weighted by atomic mass is 9.48. The summed E-state index contributed by atoms with van der Waals surface area (Å²) in [7, 11) is 0. The predicted octanol–water partition coefficient (Wildman–Crippen LogP) is 6.79. The summed E-state index contributed by atoms with van der Waals surface area (Å²) in [4.78, 5) is 0. The molecule has 1 heterocycles. The van der Waals surface area contributed by atoms with E-state index >= 15 is 0 Å². The number of ether oxygens (including phenoxy) is 1. The largest absolute Gasteiger partial charge is 0.507 e. The van der Waals surface area contributed by atoms with Crippen molar-refractivity contribution < 1.29 is 14.9 Å². The Kier molecular flexibility index (Phi) is 6.10. The third-order valence-electron chi connectivity index (χ3n) is 8.56. The zero-order valence-electron chi connectivity index (χ0n) is 20.2. The summed E-state index contributed by atoms with van der Waals surface area (Å²) in [6.07, 6.45) is 9.82. The maximum absolute atomic E-state index is 11.3. The highest BCUT2D eigenvalue weighted by Crippen LogP contribution is 2.64. The fourth-order valence-corrected chi connectivity index (χ4v) is 5.84. The molecule has 3 nitrogen and oxygen atoms in total. The molecule has 2 atom stereocenters. The first-order chi connectivity index (χ1) is 13.9. The minimum atomic E-state index is -0.386. The third kappa shape index (κ3) is 3.57. The molecule has 1 aliphatic heterocycles. The van der Waals surface area contributed by atoms with Crippen LogP contribution in [0, 0.1) is 5.41 Å². The van der Waals surface area contributed by atoms with E-state index in [1.54, 1.807) is 0 Å². The van der Waals surface area contributed by atoms with Gasteiger partial charge in [-0.05, 0) is 61.8 Å². The van der Waals surface area contributed by atoms with Crippen LogP contribution >= 0.6 is 0 Å². The van der Waals surface area contributed by atoms with Crippen LogP contribution in [0.4, 0.5) is 0 Å². The van der Waals surface area contributed by atoms with E-state index in [4.69, 9.17) is 4.74 Å². The Morgan fingerprint density at radius 3 is 2.40 bits per heavy atom. The third-order valence-corrected chi connectivity index (χ3v) is 8.56. The second-order valence-electron chi connectivity index (χ2n) is 11.2. The molecular weight excluding hydrogens is 372 g/mol. The van der Waals surface area contributed by atoms with Crippen molar-refractivity contribution in [1.82, 2.24) is 0 Å². The lowest BCUT2D eigenvalue weighted by molar-refractivity contribution is -0.0956. The molecular formula is C27H42O3. The van der Waals surface area contributed by atoms with Gasteiger partial charge in [0, 0.05) is 16.4 Å². The molecule has 0 saturated heterocycles. The van der Waals surface area contributed by atoms with Crippen molar-refractivity contribution in [2.45, 2.75) is 110 Å². The molecule has 0 aromatic heterocycles. The van der Waals surface area contributed by atoms with Crippen LogP contribution in [0.3, 0.4) is 0 Å². The molecule has 2 aliphatic rings. The SMILES string of the molecule is CCCCCCC(C)(C)c1cc(O)c2c(c1)OC(C)(C)[C@]1(C)CC=C(CO)C[C@@]21C. The zero-order valence-corrected chi connectivity index (χ0v) is 20.2. The van der Waals surface area contributed by atoms with E-state index in [-0.39, 0.29) is 28.5 Å². The fourth-order valence-electron chi connectivity index (χ4n) is 5.84. The summed E-state index contributed by atoms with van der Waals surface area (Å²) in [6.45, 7) is 15.7. The number of benzene rings is 1. The number of allylic oxidation sites excluding steroid dienone is 1. The highest BCUT2D eigenvalue weighted by Gasteiger charge is 2.61. The van der Waals surface area contributed by atoms with Crippen LogP contribution in [0.15, 0.2) is 23.8 Å². The highest BCUT2D eigenvalue weighted by atomic mass is 16.5. The van der Waals surface area contributed by atoms with Crippen molar-refractivity contribution in [1.29, 1.82) is 0 Å². The van der Waals surface area contributed by atoms with Crippen LogP contribution in [-0.4, -0.2) is 22.4 Å². The standard InChI is InChI=1S/C27H42O3/c1-8-9-10-11-13-24(2,3)20-15-21(29)23-22(16-20)30-25(4,5)27(7)14-12-19(18-28)17-26(23,27)6/h12,15-16,28-29H,8-11,13-14,17-18H2,1-7H3/t26-,27-/m0/s1. The Morgan fingerprint density at radius 2 is 1.77 bits per heavy atom. The van der Waals surface area contributed by atoms with Gasteiger partial charge >= 0.3 is 0 Å². The van der Waals surface area contributed by atoms with Gasteiger partial charge < -0.3 is 14.9 Å². The smallest absolute Gasteiger partial charge is 0.127 e. The van der Waals surface area contributed by atoms with Gasteiger partial charge in [0.25, 0.3) is 0 Å². The van der Waals surface area contributed by atoms with Crippen molar-refractivity contribution in [2.24, 2.45) is 5.41 Å². The first-order valence-electron chi connectivity index (χ1n) is 11.8. The van der Waals surface area contributed by atoms with E-state index in [1.165, 1.54) is 25.7 Å². The molecule has 0 unspecified atom stereocenters. The second kappa shape index (κ2) is 7.89. The Morgan fingerprint density at radius 1 is 1.07 bits per heavy atom. The Hall–Kier alpha value is -1.48. The first-order valence-corrected chi connectivity index (χ1v) is 11.8. The van der Waals surface area contributed by atoms with Crippen molar-refractivity contribution >= 4 is 0 Å². The minimum Gasteiger partial charge on any atom is -0.507 e. The van der Waals surface area contributed by atoms with Gasteiger partial charge in [0.2, 0.25) is 0 Å². The van der Waals surface area contributed by atoms with E-state index in [2.05, 4.69) is 60.6 Å². The summed E-state index contributed by atoms with van der Waals surface area (Å²) in [5.74, 6) is 1.16. The van der Waals surface area contributed by atoms with Gasteiger partial charge in [-0.2, -0.15) is 0 Å². The van der Waals surface area contributed by atoms with E-state index < -0.39 is 0 Å². The number of hydrogen-bond donors (Lipinski definition) is 2. The number of unbranched alkanes of at least 4 members (excludes halogenated alkanes) is 3.